The number of carbonyl (C=O) groups excluding carboxylic acids is 1. The predicted molar refractivity (Wildman–Crippen MR) is 73.8 cm³/mol. The number of hydrogen-bond acceptors (Lipinski definition) is 2. The molecule has 0 unspecified atom stereocenters. The first-order valence-corrected chi connectivity index (χ1v) is 6.83. The van der Waals surface area contributed by atoms with E-state index in [0.29, 0.717) is 17.5 Å². The van der Waals surface area contributed by atoms with Crippen molar-refractivity contribution in [3.63, 3.8) is 0 Å². The molecule has 1 amide bonds. The van der Waals surface area contributed by atoms with Crippen LogP contribution in [-0.2, 0) is 11.2 Å². The lowest BCUT2D eigenvalue weighted by Gasteiger charge is -2.38. The van der Waals surface area contributed by atoms with Gasteiger partial charge in [0.25, 0.3) is 0 Å². The number of rotatable bonds is 5. The highest BCUT2D eigenvalue weighted by Gasteiger charge is 2.27. The molecule has 1 aromatic rings. The van der Waals surface area contributed by atoms with E-state index in [-0.39, 0.29) is 5.91 Å². The zero-order valence-electron chi connectivity index (χ0n) is 10.7. The van der Waals surface area contributed by atoms with Gasteiger partial charge in [0.15, 0.2) is 0 Å². The Morgan fingerprint density at radius 3 is 2.72 bits per heavy atom. The fraction of sp³-hybridized carbons (Fsp3) is 0.500. The Hall–Kier alpha value is -1.06. The van der Waals surface area contributed by atoms with Crippen LogP contribution in [0.3, 0.4) is 0 Å². The zero-order valence-corrected chi connectivity index (χ0v) is 11.4. The number of benzene rings is 1. The minimum absolute atomic E-state index is 0.177. The first kappa shape index (κ1) is 13.4. The molecule has 0 aromatic heterocycles. The van der Waals surface area contributed by atoms with E-state index in [4.69, 9.17) is 11.6 Å². The molecule has 4 heteroatoms. The van der Waals surface area contributed by atoms with Crippen molar-refractivity contribution in [3.8, 4) is 0 Å². The van der Waals surface area contributed by atoms with Crippen molar-refractivity contribution in [1.29, 1.82) is 0 Å². The van der Waals surface area contributed by atoms with Gasteiger partial charge in [0.1, 0.15) is 0 Å². The highest BCUT2D eigenvalue weighted by atomic mass is 35.5. The Labute approximate surface area is 113 Å². The molecule has 0 spiro atoms. The van der Waals surface area contributed by atoms with Crippen molar-refractivity contribution in [1.82, 2.24) is 10.2 Å². The fourth-order valence-electron chi connectivity index (χ4n) is 2.15. The molecule has 1 fully saturated rings. The van der Waals surface area contributed by atoms with Gasteiger partial charge in [0, 0.05) is 24.7 Å². The van der Waals surface area contributed by atoms with Crippen LogP contribution in [0.5, 0.6) is 0 Å². The van der Waals surface area contributed by atoms with Crippen molar-refractivity contribution < 1.29 is 4.79 Å². The van der Waals surface area contributed by atoms with Gasteiger partial charge in [-0.15, -0.1) is 0 Å². The third-order valence-corrected chi connectivity index (χ3v) is 3.65. The largest absolute Gasteiger partial charge is 0.337 e. The van der Waals surface area contributed by atoms with Crippen LogP contribution >= 0.6 is 11.6 Å². The number of nitrogens with one attached hydrogen (secondary N) is 1. The monoisotopic (exact) mass is 266 g/mol. The number of amides is 1. The van der Waals surface area contributed by atoms with Gasteiger partial charge in [-0.2, -0.15) is 0 Å². The Bertz CT molecular complexity index is 418. The molecule has 1 heterocycles. The quantitative estimate of drug-likeness (QED) is 0.885. The number of carbonyl (C=O) groups is 1. The van der Waals surface area contributed by atoms with E-state index in [1.54, 1.807) is 0 Å². The van der Waals surface area contributed by atoms with Crippen LogP contribution in [0.2, 0.25) is 5.02 Å². The molecule has 0 bridgehead atoms. The van der Waals surface area contributed by atoms with E-state index in [9.17, 15) is 4.79 Å². The van der Waals surface area contributed by atoms with Crippen LogP contribution in [-0.4, -0.2) is 36.5 Å². The average molecular weight is 267 g/mol. The van der Waals surface area contributed by atoms with Crippen molar-refractivity contribution in [2.75, 3.05) is 19.6 Å². The maximum atomic E-state index is 12.3. The normalized spacial score (nSPS) is 15.2. The molecule has 1 saturated heterocycles. The van der Waals surface area contributed by atoms with E-state index in [2.05, 4.69) is 12.2 Å². The van der Waals surface area contributed by atoms with Gasteiger partial charge in [-0.1, -0.05) is 36.7 Å². The maximum Gasteiger partial charge on any atom is 0.227 e. The molecule has 1 aliphatic rings. The van der Waals surface area contributed by atoms with Gasteiger partial charge in [-0.3, -0.25) is 4.79 Å². The lowest BCUT2D eigenvalue weighted by Crippen LogP contribution is -2.59. The van der Waals surface area contributed by atoms with Crippen molar-refractivity contribution in [3.05, 3.63) is 34.9 Å². The second-order valence-electron chi connectivity index (χ2n) is 4.67. The molecule has 0 saturated carbocycles. The molecule has 1 aromatic carbocycles. The van der Waals surface area contributed by atoms with Crippen LogP contribution < -0.4 is 5.32 Å². The summed E-state index contributed by atoms with van der Waals surface area (Å²) in [5.41, 5.74) is 0.914. The van der Waals surface area contributed by atoms with Crippen molar-refractivity contribution in [2.45, 2.75) is 25.8 Å². The summed E-state index contributed by atoms with van der Waals surface area (Å²) in [4.78, 5) is 14.3. The van der Waals surface area contributed by atoms with Gasteiger partial charge in [0.05, 0.1) is 12.5 Å². The summed E-state index contributed by atoms with van der Waals surface area (Å²) < 4.78 is 0. The van der Waals surface area contributed by atoms with Gasteiger partial charge < -0.3 is 10.2 Å². The van der Waals surface area contributed by atoms with Crippen LogP contribution in [0.4, 0.5) is 0 Å². The number of halogens is 1. The summed E-state index contributed by atoms with van der Waals surface area (Å²) in [6.45, 7) is 4.75. The van der Waals surface area contributed by atoms with Crippen molar-refractivity contribution >= 4 is 17.5 Å². The topological polar surface area (TPSA) is 32.3 Å². The van der Waals surface area contributed by atoms with Gasteiger partial charge in [0.2, 0.25) is 5.91 Å². The fourth-order valence-corrected chi connectivity index (χ4v) is 2.35. The van der Waals surface area contributed by atoms with Gasteiger partial charge >= 0.3 is 0 Å². The van der Waals surface area contributed by atoms with Gasteiger partial charge in [-0.25, -0.2) is 0 Å². The highest BCUT2D eigenvalue weighted by molar-refractivity contribution is 6.31. The SMILES string of the molecule is CCCN(C(=O)Cc1ccccc1Cl)C1CNC1. The average Bonchev–Trinajstić information content (AvgIpc) is 2.29. The lowest BCUT2D eigenvalue weighted by atomic mass is 10.1. The van der Waals surface area contributed by atoms with E-state index < -0.39 is 0 Å². The minimum Gasteiger partial charge on any atom is -0.337 e. The molecule has 0 atom stereocenters. The van der Waals surface area contributed by atoms with E-state index >= 15 is 0 Å². The molecular formula is C14H19ClN2O. The van der Waals surface area contributed by atoms with Crippen LogP contribution in [0.1, 0.15) is 18.9 Å². The van der Waals surface area contributed by atoms with E-state index in [0.717, 1.165) is 31.6 Å². The van der Waals surface area contributed by atoms with Crippen LogP contribution in [0.25, 0.3) is 0 Å². The van der Waals surface area contributed by atoms with Gasteiger partial charge in [-0.05, 0) is 18.1 Å². The first-order valence-electron chi connectivity index (χ1n) is 6.46. The molecule has 1 aliphatic heterocycles. The summed E-state index contributed by atoms with van der Waals surface area (Å²) in [5, 5.41) is 3.89. The Kier molecular flexibility index (Phi) is 4.61. The molecule has 18 heavy (non-hydrogen) atoms. The summed E-state index contributed by atoms with van der Waals surface area (Å²) >= 11 is 6.09. The van der Waals surface area contributed by atoms with Crippen LogP contribution in [0, 0.1) is 0 Å². The number of hydrogen-bond donors (Lipinski definition) is 1. The molecule has 1 N–H and O–H groups in total. The second kappa shape index (κ2) is 6.21. The minimum atomic E-state index is 0.177. The summed E-state index contributed by atoms with van der Waals surface area (Å²) in [7, 11) is 0. The Morgan fingerprint density at radius 1 is 1.44 bits per heavy atom. The molecule has 0 aliphatic carbocycles. The number of nitrogens with zero attached hydrogens (tertiary/aromatic N) is 1. The summed E-state index contributed by atoms with van der Waals surface area (Å²) in [6, 6.07) is 7.92. The smallest absolute Gasteiger partial charge is 0.227 e. The third kappa shape index (κ3) is 3.03. The first-order chi connectivity index (χ1) is 8.72. The molecule has 3 nitrogen and oxygen atoms in total. The molecule has 0 radical (unpaired) electrons. The summed E-state index contributed by atoms with van der Waals surface area (Å²) in [6.07, 6.45) is 1.39. The second-order valence-corrected chi connectivity index (χ2v) is 5.07. The zero-order chi connectivity index (χ0) is 13.0. The summed E-state index contributed by atoms with van der Waals surface area (Å²) in [5.74, 6) is 0.177. The Morgan fingerprint density at radius 2 is 2.17 bits per heavy atom. The molecular weight excluding hydrogens is 248 g/mol. The lowest BCUT2D eigenvalue weighted by molar-refractivity contribution is -0.133. The van der Waals surface area contributed by atoms with E-state index in [1.165, 1.54) is 0 Å². The standard InChI is InChI=1S/C14H19ClN2O/c1-2-7-17(12-9-16-10-12)14(18)8-11-5-3-4-6-13(11)15/h3-6,12,16H,2,7-10H2,1H3. The predicted octanol–water partition coefficient (Wildman–Crippen LogP) is 2.09. The maximum absolute atomic E-state index is 12.3. The van der Waals surface area contributed by atoms with Crippen LogP contribution in [0.15, 0.2) is 24.3 Å². The third-order valence-electron chi connectivity index (χ3n) is 3.29. The highest BCUT2D eigenvalue weighted by Crippen LogP contribution is 2.17. The van der Waals surface area contributed by atoms with E-state index in [1.807, 2.05) is 29.2 Å². The molecule has 98 valence electrons. The molecule has 2 rings (SSSR count). The van der Waals surface area contributed by atoms with Crippen molar-refractivity contribution in [2.24, 2.45) is 0 Å². The Balaban J connectivity index is 2.02.